The van der Waals surface area contributed by atoms with E-state index >= 15 is 0 Å². The molecule has 0 saturated carbocycles. The molecule has 0 aromatic heterocycles. The average Bonchev–Trinajstić information content (AvgIpc) is 2.51. The fraction of sp³-hybridized carbons (Fsp3) is 0.235. The van der Waals surface area contributed by atoms with Crippen molar-refractivity contribution in [2.45, 2.75) is 6.92 Å². The lowest BCUT2D eigenvalue weighted by Gasteiger charge is -2.16. The zero-order chi connectivity index (χ0) is 17.1. The molecule has 0 aliphatic heterocycles. The Kier molecular flexibility index (Phi) is 4.64. The summed E-state index contributed by atoms with van der Waals surface area (Å²) in [7, 11) is 4.38. The van der Waals surface area contributed by atoms with Crippen LogP contribution in [0.1, 0.15) is 11.1 Å². The van der Waals surface area contributed by atoms with E-state index in [0.717, 1.165) is 6.08 Å². The van der Waals surface area contributed by atoms with Gasteiger partial charge in [0.1, 0.15) is 23.0 Å². The van der Waals surface area contributed by atoms with Crippen molar-refractivity contribution in [3.05, 3.63) is 35.4 Å². The fourth-order valence-corrected chi connectivity index (χ4v) is 2.53. The Hall–Kier alpha value is -2.89. The molecule has 0 saturated heterocycles. The number of methoxy groups -OCH3 is 3. The molecular weight excluding hydrogens is 300 g/mol. The van der Waals surface area contributed by atoms with Crippen LogP contribution in [0.25, 0.3) is 16.5 Å². The summed E-state index contributed by atoms with van der Waals surface area (Å²) in [5, 5.41) is 20.8. The first-order valence-corrected chi connectivity index (χ1v) is 6.80. The van der Waals surface area contributed by atoms with Crippen molar-refractivity contribution in [1.29, 1.82) is 0 Å². The van der Waals surface area contributed by atoms with E-state index in [4.69, 9.17) is 19.3 Å². The molecule has 0 bridgehead atoms. The maximum atomic E-state index is 11.0. The Morgan fingerprint density at radius 2 is 1.83 bits per heavy atom. The molecule has 2 aromatic rings. The zero-order valence-corrected chi connectivity index (χ0v) is 13.3. The first-order valence-electron chi connectivity index (χ1n) is 6.80. The smallest absolute Gasteiger partial charge is 0.332 e. The molecular formula is C17H18O6. The minimum absolute atomic E-state index is 0.0623. The van der Waals surface area contributed by atoms with E-state index in [1.54, 1.807) is 26.2 Å². The van der Waals surface area contributed by atoms with Crippen LogP contribution in [0.15, 0.2) is 24.3 Å². The number of rotatable bonds is 5. The van der Waals surface area contributed by atoms with Gasteiger partial charge in [0.2, 0.25) is 0 Å². The molecule has 0 aliphatic rings. The second kappa shape index (κ2) is 6.48. The lowest BCUT2D eigenvalue weighted by Crippen LogP contribution is -1.99. The third-order valence-corrected chi connectivity index (χ3v) is 3.52. The molecule has 0 aliphatic carbocycles. The highest BCUT2D eigenvalue weighted by molar-refractivity contribution is 6.00. The number of carboxylic acid groups (broad SMARTS) is 1. The summed E-state index contributed by atoms with van der Waals surface area (Å²) in [6.45, 7) is 1.76. The molecule has 0 spiro atoms. The molecule has 122 valence electrons. The fourth-order valence-electron chi connectivity index (χ4n) is 2.53. The van der Waals surface area contributed by atoms with E-state index in [1.165, 1.54) is 14.2 Å². The van der Waals surface area contributed by atoms with Gasteiger partial charge in [-0.15, -0.1) is 0 Å². The van der Waals surface area contributed by atoms with Gasteiger partial charge < -0.3 is 24.4 Å². The number of ether oxygens (including phenoxy) is 3. The van der Waals surface area contributed by atoms with Gasteiger partial charge in [-0.25, -0.2) is 4.79 Å². The first-order chi connectivity index (χ1) is 10.9. The summed E-state index contributed by atoms with van der Waals surface area (Å²) in [4.78, 5) is 11.0. The van der Waals surface area contributed by atoms with E-state index in [0.29, 0.717) is 33.4 Å². The van der Waals surface area contributed by atoms with Gasteiger partial charge in [0.15, 0.2) is 0 Å². The molecule has 6 nitrogen and oxygen atoms in total. The number of fused-ring (bicyclic) bond motifs is 1. The number of aliphatic carboxylic acids is 1. The normalized spacial score (nSPS) is 11.4. The van der Waals surface area contributed by atoms with Gasteiger partial charge >= 0.3 is 5.97 Å². The van der Waals surface area contributed by atoms with Crippen molar-refractivity contribution < 1.29 is 29.2 Å². The SMILES string of the molecule is COC(=CC(=O)O)c1c(C)cc2cc(OC)cc(OC)c2c1O. The van der Waals surface area contributed by atoms with Crippen LogP contribution in [-0.4, -0.2) is 37.5 Å². The van der Waals surface area contributed by atoms with Crippen LogP contribution in [0.3, 0.4) is 0 Å². The molecule has 0 atom stereocenters. The summed E-state index contributed by atoms with van der Waals surface area (Å²) in [5.74, 6) is -0.193. The Balaban J connectivity index is 2.86. The van der Waals surface area contributed by atoms with Gasteiger partial charge in [-0.1, -0.05) is 6.07 Å². The van der Waals surface area contributed by atoms with Crippen molar-refractivity contribution in [1.82, 2.24) is 0 Å². The third-order valence-electron chi connectivity index (χ3n) is 3.52. The summed E-state index contributed by atoms with van der Waals surface area (Å²) in [6, 6.07) is 5.22. The van der Waals surface area contributed by atoms with Gasteiger partial charge in [-0.05, 0) is 23.9 Å². The van der Waals surface area contributed by atoms with Crippen LogP contribution in [0.5, 0.6) is 17.2 Å². The number of phenols is 1. The number of phenolic OH excluding ortho intramolecular Hbond substituents is 1. The van der Waals surface area contributed by atoms with Crippen molar-refractivity contribution in [3.63, 3.8) is 0 Å². The van der Waals surface area contributed by atoms with Gasteiger partial charge in [0.05, 0.1) is 38.4 Å². The van der Waals surface area contributed by atoms with E-state index in [-0.39, 0.29) is 11.5 Å². The molecule has 0 radical (unpaired) electrons. The molecule has 0 fully saturated rings. The van der Waals surface area contributed by atoms with Crippen LogP contribution in [0, 0.1) is 6.92 Å². The predicted octanol–water partition coefficient (Wildman–Crippen LogP) is 2.94. The van der Waals surface area contributed by atoms with Crippen LogP contribution in [0.4, 0.5) is 0 Å². The van der Waals surface area contributed by atoms with Crippen LogP contribution in [-0.2, 0) is 9.53 Å². The van der Waals surface area contributed by atoms with Crippen LogP contribution < -0.4 is 9.47 Å². The zero-order valence-electron chi connectivity index (χ0n) is 13.3. The average molecular weight is 318 g/mol. The van der Waals surface area contributed by atoms with Gasteiger partial charge in [-0.2, -0.15) is 0 Å². The molecule has 2 rings (SSSR count). The number of hydrogen-bond acceptors (Lipinski definition) is 5. The molecule has 6 heteroatoms. The highest BCUT2D eigenvalue weighted by atomic mass is 16.5. The maximum absolute atomic E-state index is 11.0. The second-order valence-electron chi connectivity index (χ2n) is 4.90. The number of benzene rings is 2. The van der Waals surface area contributed by atoms with E-state index in [2.05, 4.69) is 0 Å². The Morgan fingerprint density at radius 1 is 1.13 bits per heavy atom. The quantitative estimate of drug-likeness (QED) is 0.651. The summed E-state index contributed by atoms with van der Waals surface area (Å²) in [5.41, 5.74) is 0.977. The van der Waals surface area contributed by atoms with Crippen molar-refractivity contribution in [3.8, 4) is 17.2 Å². The molecule has 23 heavy (non-hydrogen) atoms. The monoisotopic (exact) mass is 318 g/mol. The number of carboxylic acids is 1. The molecule has 2 aromatic carbocycles. The standard InChI is InChI=1S/C17H18O6/c1-9-5-10-6-11(21-2)7-12(22-3)16(10)17(20)15(9)13(23-4)8-14(18)19/h5-8,20H,1-4H3,(H,18,19). The van der Waals surface area contributed by atoms with Gasteiger partial charge in [0.25, 0.3) is 0 Å². The number of hydrogen-bond donors (Lipinski definition) is 2. The van der Waals surface area contributed by atoms with Crippen molar-refractivity contribution in [2.24, 2.45) is 0 Å². The number of carbonyl (C=O) groups is 1. The molecule has 0 amide bonds. The first kappa shape index (κ1) is 16.5. The largest absolute Gasteiger partial charge is 0.506 e. The highest BCUT2D eigenvalue weighted by Crippen LogP contribution is 2.42. The van der Waals surface area contributed by atoms with E-state index in [1.807, 2.05) is 6.07 Å². The van der Waals surface area contributed by atoms with Crippen LogP contribution >= 0.6 is 0 Å². The summed E-state index contributed by atoms with van der Waals surface area (Å²) >= 11 is 0. The number of aryl methyl sites for hydroxylation is 1. The molecule has 2 N–H and O–H groups in total. The van der Waals surface area contributed by atoms with Gasteiger partial charge in [-0.3, -0.25) is 0 Å². The van der Waals surface area contributed by atoms with E-state index in [9.17, 15) is 9.90 Å². The predicted molar refractivity (Wildman–Crippen MR) is 86.1 cm³/mol. The van der Waals surface area contributed by atoms with Crippen molar-refractivity contribution >= 4 is 22.5 Å². The Bertz CT molecular complexity index is 792. The Morgan fingerprint density at radius 3 is 2.35 bits per heavy atom. The minimum Gasteiger partial charge on any atom is -0.506 e. The maximum Gasteiger partial charge on any atom is 0.332 e. The highest BCUT2D eigenvalue weighted by Gasteiger charge is 2.19. The molecule has 0 unspecified atom stereocenters. The van der Waals surface area contributed by atoms with Crippen LogP contribution in [0.2, 0.25) is 0 Å². The third kappa shape index (κ3) is 3.01. The topological polar surface area (TPSA) is 85.2 Å². The van der Waals surface area contributed by atoms with Gasteiger partial charge in [0, 0.05) is 6.07 Å². The Labute approximate surface area is 133 Å². The summed E-state index contributed by atoms with van der Waals surface area (Å²) in [6.07, 6.45) is 0.907. The van der Waals surface area contributed by atoms with E-state index < -0.39 is 5.97 Å². The second-order valence-corrected chi connectivity index (χ2v) is 4.90. The minimum atomic E-state index is -1.16. The van der Waals surface area contributed by atoms with Crippen molar-refractivity contribution in [2.75, 3.05) is 21.3 Å². The summed E-state index contributed by atoms with van der Waals surface area (Å²) < 4.78 is 15.7. The lowest BCUT2D eigenvalue weighted by molar-refractivity contribution is -0.131. The number of aromatic hydroxyl groups is 1. The molecule has 0 heterocycles. The lowest BCUT2D eigenvalue weighted by atomic mass is 9.97.